The molecular formula is C62H108O6. The molecule has 0 aromatic carbocycles. The maximum Gasteiger partial charge on any atom is 0.306 e. The molecule has 0 spiro atoms. The number of carbonyl (C=O) groups is 3. The summed E-state index contributed by atoms with van der Waals surface area (Å²) >= 11 is 0. The van der Waals surface area contributed by atoms with Crippen LogP contribution in [0.4, 0.5) is 0 Å². The Labute approximate surface area is 421 Å². The highest BCUT2D eigenvalue weighted by Crippen LogP contribution is 2.15. The molecule has 0 saturated heterocycles. The van der Waals surface area contributed by atoms with E-state index in [9.17, 15) is 14.4 Å². The first-order valence-electron chi connectivity index (χ1n) is 28.9. The first kappa shape index (κ1) is 64.8. The van der Waals surface area contributed by atoms with Gasteiger partial charge in [0.2, 0.25) is 0 Å². The molecule has 1 atom stereocenters. The Hall–Kier alpha value is -3.15. The van der Waals surface area contributed by atoms with Gasteiger partial charge in [0.25, 0.3) is 0 Å². The topological polar surface area (TPSA) is 78.9 Å². The molecule has 0 rings (SSSR count). The Balaban J connectivity index is 4.17. The van der Waals surface area contributed by atoms with E-state index in [0.717, 1.165) is 103 Å². The molecule has 0 aliphatic rings. The van der Waals surface area contributed by atoms with Crippen LogP contribution in [-0.2, 0) is 28.6 Å². The highest BCUT2D eigenvalue weighted by Gasteiger charge is 2.19. The molecule has 6 nitrogen and oxygen atoms in total. The second kappa shape index (κ2) is 56.4. The van der Waals surface area contributed by atoms with E-state index in [4.69, 9.17) is 14.2 Å². The molecule has 0 saturated carbocycles. The fraction of sp³-hybridized carbons (Fsp3) is 0.758. The van der Waals surface area contributed by atoms with Gasteiger partial charge in [-0.15, -0.1) is 0 Å². The van der Waals surface area contributed by atoms with E-state index in [1.54, 1.807) is 0 Å². The highest BCUT2D eigenvalue weighted by molar-refractivity contribution is 5.71. The van der Waals surface area contributed by atoms with Crippen molar-refractivity contribution in [2.45, 2.75) is 290 Å². The zero-order chi connectivity index (χ0) is 49.3. The lowest BCUT2D eigenvalue weighted by Gasteiger charge is -2.18. The minimum absolute atomic E-state index is 0.0770. The Morgan fingerprint density at radius 3 is 0.912 bits per heavy atom. The lowest BCUT2D eigenvalue weighted by molar-refractivity contribution is -0.167. The monoisotopic (exact) mass is 949 g/mol. The van der Waals surface area contributed by atoms with Crippen molar-refractivity contribution in [3.8, 4) is 0 Å². The molecule has 0 aliphatic heterocycles. The van der Waals surface area contributed by atoms with Gasteiger partial charge in [-0.2, -0.15) is 0 Å². The number of hydrogen-bond donors (Lipinski definition) is 0. The van der Waals surface area contributed by atoms with Crippen molar-refractivity contribution in [1.82, 2.24) is 0 Å². The molecule has 0 aliphatic carbocycles. The molecule has 0 aromatic heterocycles. The van der Waals surface area contributed by atoms with Crippen molar-refractivity contribution >= 4 is 17.9 Å². The van der Waals surface area contributed by atoms with Crippen molar-refractivity contribution in [3.63, 3.8) is 0 Å². The highest BCUT2D eigenvalue weighted by atomic mass is 16.6. The van der Waals surface area contributed by atoms with E-state index in [1.165, 1.54) is 141 Å². The van der Waals surface area contributed by atoms with E-state index >= 15 is 0 Å². The van der Waals surface area contributed by atoms with Crippen LogP contribution in [0.5, 0.6) is 0 Å². The SMILES string of the molecule is CC/C=C\C/C=C\C/C=C\C/C=C\C/C=C\CCCCCCCCCCCCCC(=O)OCC(COC(=O)CCCCCCCCCC)OC(=O)CCCCCCC/C=C\CCCCCCCC. The number of allylic oxidation sites excluding steroid dienone is 12. The summed E-state index contributed by atoms with van der Waals surface area (Å²) in [6, 6.07) is 0. The van der Waals surface area contributed by atoms with Gasteiger partial charge in [-0.1, -0.05) is 248 Å². The van der Waals surface area contributed by atoms with Gasteiger partial charge in [-0.25, -0.2) is 0 Å². The number of ether oxygens (including phenoxy) is 3. The van der Waals surface area contributed by atoms with Crippen LogP contribution in [-0.4, -0.2) is 37.2 Å². The molecule has 392 valence electrons. The third kappa shape index (κ3) is 53.8. The standard InChI is InChI=1S/C62H108O6/c1-4-7-10-13-16-19-21-23-25-26-27-28-29-30-31-32-33-34-35-36-38-39-41-43-46-49-52-55-61(64)67-58-59(57-66-60(63)54-51-48-45-18-15-12-9-6-3)68-62(65)56-53-50-47-44-42-40-37-24-22-20-17-14-11-8-5-2/h7,10,16,19,23-25,27-28,30-31,37,59H,4-6,8-9,11-15,17-18,20-22,26,29,32-36,38-58H2,1-3H3/b10-7-,19-16-,25-23-,28-27-,31-30-,37-24-. The third-order valence-corrected chi connectivity index (χ3v) is 12.4. The van der Waals surface area contributed by atoms with Crippen molar-refractivity contribution in [1.29, 1.82) is 0 Å². The third-order valence-electron chi connectivity index (χ3n) is 12.4. The summed E-state index contributed by atoms with van der Waals surface area (Å²) in [7, 11) is 0. The van der Waals surface area contributed by atoms with Crippen molar-refractivity contribution in [2.24, 2.45) is 0 Å². The van der Waals surface area contributed by atoms with Crippen LogP contribution in [0.2, 0.25) is 0 Å². The van der Waals surface area contributed by atoms with Gasteiger partial charge in [0.1, 0.15) is 13.2 Å². The van der Waals surface area contributed by atoms with Crippen LogP contribution in [0.25, 0.3) is 0 Å². The minimum Gasteiger partial charge on any atom is -0.462 e. The predicted molar refractivity (Wildman–Crippen MR) is 293 cm³/mol. The maximum atomic E-state index is 12.8. The molecule has 0 bridgehead atoms. The number of esters is 3. The molecule has 1 unspecified atom stereocenters. The van der Waals surface area contributed by atoms with Crippen LogP contribution >= 0.6 is 0 Å². The molecule has 0 amide bonds. The Morgan fingerprint density at radius 1 is 0.309 bits per heavy atom. The fourth-order valence-corrected chi connectivity index (χ4v) is 8.11. The molecule has 0 N–H and O–H groups in total. The summed E-state index contributed by atoms with van der Waals surface area (Å²) in [4.78, 5) is 38.0. The van der Waals surface area contributed by atoms with Gasteiger partial charge in [0.05, 0.1) is 0 Å². The Bertz CT molecular complexity index is 1270. The summed E-state index contributed by atoms with van der Waals surface area (Å²) < 4.78 is 16.8. The Morgan fingerprint density at radius 2 is 0.574 bits per heavy atom. The van der Waals surface area contributed by atoms with Crippen LogP contribution in [0.3, 0.4) is 0 Å². The van der Waals surface area contributed by atoms with Crippen LogP contribution in [0.15, 0.2) is 72.9 Å². The molecule has 68 heavy (non-hydrogen) atoms. The van der Waals surface area contributed by atoms with E-state index in [2.05, 4.69) is 93.7 Å². The van der Waals surface area contributed by atoms with Gasteiger partial charge >= 0.3 is 17.9 Å². The largest absolute Gasteiger partial charge is 0.462 e. The minimum atomic E-state index is -0.777. The van der Waals surface area contributed by atoms with Crippen LogP contribution in [0.1, 0.15) is 284 Å². The summed E-state index contributed by atoms with van der Waals surface area (Å²) in [6.45, 7) is 6.50. The predicted octanol–water partition coefficient (Wildman–Crippen LogP) is 19.4. The van der Waals surface area contributed by atoms with Crippen LogP contribution in [0, 0.1) is 0 Å². The molecule has 0 radical (unpaired) electrons. The normalized spacial score (nSPS) is 12.6. The molecular weight excluding hydrogens is 841 g/mol. The second-order valence-electron chi connectivity index (χ2n) is 19.2. The first-order valence-corrected chi connectivity index (χ1v) is 28.9. The number of carbonyl (C=O) groups excluding carboxylic acids is 3. The lowest BCUT2D eigenvalue weighted by Crippen LogP contribution is -2.30. The van der Waals surface area contributed by atoms with E-state index < -0.39 is 6.10 Å². The van der Waals surface area contributed by atoms with Crippen molar-refractivity contribution < 1.29 is 28.6 Å². The quantitative estimate of drug-likeness (QED) is 0.0262. The van der Waals surface area contributed by atoms with E-state index in [1.807, 2.05) is 0 Å². The maximum absolute atomic E-state index is 12.8. The average Bonchev–Trinajstić information content (AvgIpc) is 3.34. The average molecular weight is 950 g/mol. The Kier molecular flexibility index (Phi) is 53.8. The summed E-state index contributed by atoms with van der Waals surface area (Å²) in [5.74, 6) is -0.886. The van der Waals surface area contributed by atoms with Gasteiger partial charge in [-0.3, -0.25) is 14.4 Å². The number of rotatable bonds is 52. The van der Waals surface area contributed by atoms with Gasteiger partial charge in [-0.05, 0) is 89.9 Å². The van der Waals surface area contributed by atoms with Gasteiger partial charge in [0, 0.05) is 19.3 Å². The first-order chi connectivity index (χ1) is 33.5. The lowest BCUT2D eigenvalue weighted by atomic mass is 10.0. The van der Waals surface area contributed by atoms with Gasteiger partial charge < -0.3 is 14.2 Å². The zero-order valence-electron chi connectivity index (χ0n) is 44.9. The van der Waals surface area contributed by atoms with Crippen molar-refractivity contribution in [2.75, 3.05) is 13.2 Å². The summed E-state index contributed by atoms with van der Waals surface area (Å²) in [6.07, 6.45) is 72.0. The molecule has 0 heterocycles. The smallest absolute Gasteiger partial charge is 0.306 e. The zero-order valence-corrected chi connectivity index (χ0v) is 44.9. The summed E-state index contributed by atoms with van der Waals surface area (Å²) in [5, 5.41) is 0. The molecule has 6 heteroatoms. The fourth-order valence-electron chi connectivity index (χ4n) is 8.11. The van der Waals surface area contributed by atoms with Gasteiger partial charge in [0.15, 0.2) is 6.10 Å². The summed E-state index contributed by atoms with van der Waals surface area (Å²) in [5.41, 5.74) is 0. The van der Waals surface area contributed by atoms with Crippen molar-refractivity contribution in [3.05, 3.63) is 72.9 Å². The van der Waals surface area contributed by atoms with Crippen LogP contribution < -0.4 is 0 Å². The number of unbranched alkanes of at least 4 members (excludes halogenated alkanes) is 29. The second-order valence-corrected chi connectivity index (χ2v) is 19.2. The van der Waals surface area contributed by atoms with E-state index in [0.29, 0.717) is 19.3 Å². The molecule has 0 aromatic rings. The van der Waals surface area contributed by atoms with E-state index in [-0.39, 0.29) is 31.1 Å². The number of hydrogen-bond acceptors (Lipinski definition) is 6. The molecule has 0 fully saturated rings.